The highest BCUT2D eigenvalue weighted by Gasteiger charge is 2.38. The summed E-state index contributed by atoms with van der Waals surface area (Å²) < 4.78 is 13.1. The first-order valence-electron chi connectivity index (χ1n) is 9.86. The van der Waals surface area contributed by atoms with Crippen molar-refractivity contribution in [2.75, 3.05) is 13.1 Å². The molecular weight excluding hydrogens is 357 g/mol. The van der Waals surface area contributed by atoms with Crippen LogP contribution in [0.5, 0.6) is 0 Å². The molecule has 1 atom stereocenters. The molecule has 1 unspecified atom stereocenters. The number of piperidine rings is 1. The summed E-state index contributed by atoms with van der Waals surface area (Å²) >= 11 is 0. The lowest BCUT2D eigenvalue weighted by Crippen LogP contribution is -2.47. The predicted molar refractivity (Wildman–Crippen MR) is 103 cm³/mol. The molecule has 4 rings (SSSR count). The minimum atomic E-state index is -0.362. The van der Waals surface area contributed by atoms with Crippen molar-refractivity contribution >= 4 is 11.8 Å². The average Bonchev–Trinajstić information content (AvgIpc) is 3.58. The lowest BCUT2D eigenvalue weighted by molar-refractivity contribution is -0.138. The number of benzene rings is 1. The number of likely N-dealkylation sites (tertiary alicyclic amines) is 1. The number of hydrogen-bond donors (Lipinski definition) is 0. The van der Waals surface area contributed by atoms with Gasteiger partial charge < -0.3 is 9.80 Å². The first-order valence-corrected chi connectivity index (χ1v) is 9.86. The maximum atomic E-state index is 13.3. The molecule has 0 radical (unpaired) electrons. The minimum absolute atomic E-state index is 0.135. The molecule has 146 valence electrons. The number of nitrogens with zero attached hydrogens (tertiary/aromatic N) is 3. The van der Waals surface area contributed by atoms with Crippen molar-refractivity contribution in [2.45, 2.75) is 38.3 Å². The van der Waals surface area contributed by atoms with Crippen LogP contribution < -0.4 is 0 Å². The third-order valence-corrected chi connectivity index (χ3v) is 5.52. The van der Waals surface area contributed by atoms with Gasteiger partial charge in [-0.1, -0.05) is 0 Å². The number of hydrogen-bond acceptors (Lipinski definition) is 3. The van der Waals surface area contributed by atoms with Crippen molar-refractivity contribution in [1.82, 2.24) is 14.8 Å². The molecule has 0 bridgehead atoms. The third-order valence-electron chi connectivity index (χ3n) is 5.52. The van der Waals surface area contributed by atoms with Gasteiger partial charge in [-0.15, -0.1) is 0 Å². The maximum absolute atomic E-state index is 13.3. The van der Waals surface area contributed by atoms with Crippen LogP contribution in [0.2, 0.25) is 0 Å². The maximum Gasteiger partial charge on any atom is 0.253 e. The molecule has 1 aromatic heterocycles. The van der Waals surface area contributed by atoms with E-state index in [1.165, 1.54) is 24.3 Å². The molecule has 0 N–H and O–H groups in total. The van der Waals surface area contributed by atoms with E-state index >= 15 is 0 Å². The van der Waals surface area contributed by atoms with E-state index in [1.54, 1.807) is 17.3 Å². The van der Waals surface area contributed by atoms with Crippen molar-refractivity contribution in [3.63, 3.8) is 0 Å². The molecule has 2 amide bonds. The van der Waals surface area contributed by atoms with Gasteiger partial charge in [-0.05, 0) is 67.6 Å². The lowest BCUT2D eigenvalue weighted by atomic mass is 9.95. The van der Waals surface area contributed by atoms with Crippen LogP contribution in [0, 0.1) is 11.7 Å². The van der Waals surface area contributed by atoms with Gasteiger partial charge >= 0.3 is 0 Å². The molecule has 1 saturated carbocycles. The Kier molecular flexibility index (Phi) is 5.37. The Morgan fingerprint density at radius 1 is 1.07 bits per heavy atom. The van der Waals surface area contributed by atoms with Crippen LogP contribution in [0.15, 0.2) is 48.8 Å². The molecule has 0 spiro atoms. The summed E-state index contributed by atoms with van der Waals surface area (Å²) in [5.74, 6) is -0.541. The van der Waals surface area contributed by atoms with Gasteiger partial charge in [0.15, 0.2) is 0 Å². The molecule has 5 nitrogen and oxygen atoms in total. The molecule has 1 aromatic carbocycles. The zero-order chi connectivity index (χ0) is 19.5. The number of pyridine rings is 1. The summed E-state index contributed by atoms with van der Waals surface area (Å²) in [5, 5.41) is 0. The zero-order valence-electron chi connectivity index (χ0n) is 15.8. The van der Waals surface area contributed by atoms with Gasteiger partial charge in [-0.25, -0.2) is 4.39 Å². The Hall–Kier alpha value is -2.76. The summed E-state index contributed by atoms with van der Waals surface area (Å²) in [7, 11) is 0. The zero-order valence-corrected chi connectivity index (χ0v) is 15.8. The Morgan fingerprint density at radius 3 is 2.46 bits per heavy atom. The van der Waals surface area contributed by atoms with Gasteiger partial charge in [0.2, 0.25) is 5.91 Å². The van der Waals surface area contributed by atoms with Crippen molar-refractivity contribution in [1.29, 1.82) is 0 Å². The average molecular weight is 381 g/mol. The Balaban J connectivity index is 1.44. The van der Waals surface area contributed by atoms with Crippen molar-refractivity contribution < 1.29 is 14.0 Å². The smallest absolute Gasteiger partial charge is 0.253 e. The normalized spacial score (nSPS) is 19.3. The summed E-state index contributed by atoms with van der Waals surface area (Å²) in [6.45, 7) is 1.65. The Morgan fingerprint density at radius 2 is 1.79 bits per heavy atom. The van der Waals surface area contributed by atoms with E-state index in [4.69, 9.17) is 0 Å². The van der Waals surface area contributed by atoms with Crippen LogP contribution in [0.3, 0.4) is 0 Å². The van der Waals surface area contributed by atoms with Crippen LogP contribution in [0.1, 0.15) is 41.6 Å². The van der Waals surface area contributed by atoms with Crippen LogP contribution in [0.25, 0.3) is 0 Å². The van der Waals surface area contributed by atoms with E-state index in [1.807, 2.05) is 17.0 Å². The highest BCUT2D eigenvalue weighted by Crippen LogP contribution is 2.31. The van der Waals surface area contributed by atoms with Crippen molar-refractivity contribution in [3.8, 4) is 0 Å². The Labute approximate surface area is 164 Å². The summed E-state index contributed by atoms with van der Waals surface area (Å²) in [6, 6.07) is 9.78. The molecule has 2 aliphatic rings. The Bertz CT molecular complexity index is 837. The SMILES string of the molecule is O=C(c1ccc(F)cc1)N1CCCC(C(=O)N(Cc2ccncc2)C2CC2)C1. The quantitative estimate of drug-likeness (QED) is 0.799. The number of halogens is 1. The molecular formula is C22H24FN3O2. The highest BCUT2D eigenvalue weighted by molar-refractivity contribution is 5.94. The predicted octanol–water partition coefficient (Wildman–Crippen LogP) is 3.26. The van der Waals surface area contributed by atoms with Crippen LogP contribution in [0.4, 0.5) is 4.39 Å². The first kappa shape index (κ1) is 18.6. The van der Waals surface area contributed by atoms with Gasteiger partial charge in [0.25, 0.3) is 5.91 Å². The summed E-state index contributed by atoms with van der Waals surface area (Å²) in [4.78, 5) is 33.8. The molecule has 6 heteroatoms. The van der Waals surface area contributed by atoms with Crippen molar-refractivity contribution in [3.05, 3.63) is 65.7 Å². The highest BCUT2D eigenvalue weighted by atomic mass is 19.1. The second-order valence-corrected chi connectivity index (χ2v) is 7.65. The van der Waals surface area contributed by atoms with E-state index in [2.05, 4.69) is 4.98 Å². The topological polar surface area (TPSA) is 53.5 Å². The van der Waals surface area contributed by atoms with Gasteiger partial charge in [0, 0.05) is 43.6 Å². The number of carbonyl (C=O) groups excluding carboxylic acids is 2. The molecule has 1 saturated heterocycles. The first-order chi connectivity index (χ1) is 13.6. The molecule has 2 heterocycles. The standard InChI is InChI=1S/C22H24FN3O2/c23-19-5-3-17(4-6-19)21(27)25-13-1-2-18(15-25)22(28)26(20-7-8-20)14-16-9-11-24-12-10-16/h3-6,9-12,18,20H,1-2,7-8,13-15H2. The molecule has 28 heavy (non-hydrogen) atoms. The summed E-state index contributed by atoms with van der Waals surface area (Å²) in [5.41, 5.74) is 1.54. The second kappa shape index (κ2) is 8.09. The van der Waals surface area contributed by atoms with Crippen LogP contribution >= 0.6 is 0 Å². The lowest BCUT2D eigenvalue weighted by Gasteiger charge is -2.35. The van der Waals surface area contributed by atoms with Crippen LogP contribution in [-0.2, 0) is 11.3 Å². The second-order valence-electron chi connectivity index (χ2n) is 7.65. The van der Waals surface area contributed by atoms with Gasteiger partial charge in [0.05, 0.1) is 5.92 Å². The fourth-order valence-corrected chi connectivity index (χ4v) is 3.83. The summed E-state index contributed by atoms with van der Waals surface area (Å²) in [6.07, 6.45) is 7.18. The number of aromatic nitrogens is 1. The van der Waals surface area contributed by atoms with Gasteiger partial charge in [-0.2, -0.15) is 0 Å². The largest absolute Gasteiger partial charge is 0.338 e. The molecule has 2 aromatic rings. The number of rotatable bonds is 5. The minimum Gasteiger partial charge on any atom is -0.338 e. The van der Waals surface area contributed by atoms with E-state index in [0.717, 1.165) is 31.2 Å². The third kappa shape index (κ3) is 4.21. The molecule has 2 fully saturated rings. The molecule has 1 aliphatic heterocycles. The number of carbonyl (C=O) groups is 2. The van der Waals surface area contributed by atoms with Crippen LogP contribution in [-0.4, -0.2) is 45.7 Å². The van der Waals surface area contributed by atoms with E-state index in [9.17, 15) is 14.0 Å². The van der Waals surface area contributed by atoms with E-state index in [-0.39, 0.29) is 23.5 Å². The van der Waals surface area contributed by atoms with Gasteiger partial charge in [-0.3, -0.25) is 14.6 Å². The van der Waals surface area contributed by atoms with Gasteiger partial charge in [0.1, 0.15) is 5.82 Å². The monoisotopic (exact) mass is 381 g/mol. The van der Waals surface area contributed by atoms with Crippen molar-refractivity contribution in [2.24, 2.45) is 5.92 Å². The molecule has 1 aliphatic carbocycles. The van der Waals surface area contributed by atoms with E-state index in [0.29, 0.717) is 31.2 Å². The van der Waals surface area contributed by atoms with E-state index < -0.39 is 0 Å². The fraction of sp³-hybridized carbons (Fsp3) is 0.409. The fourth-order valence-electron chi connectivity index (χ4n) is 3.83. The number of amides is 2.